The van der Waals surface area contributed by atoms with E-state index in [0.717, 1.165) is 36.5 Å². The maximum atomic E-state index is 12.5. The van der Waals surface area contributed by atoms with Crippen molar-refractivity contribution in [1.29, 1.82) is 0 Å². The minimum Gasteiger partial charge on any atom is -0.508 e. The van der Waals surface area contributed by atoms with E-state index in [1.165, 1.54) is 18.9 Å². The molecule has 3 rings (SSSR count). The molecule has 1 saturated heterocycles. The number of allylic oxidation sites excluding steroid dienone is 1. The topological polar surface area (TPSA) is 49.8 Å². The average molecular weight is 337 g/mol. The summed E-state index contributed by atoms with van der Waals surface area (Å²) in [6.07, 6.45) is 5.71. The van der Waals surface area contributed by atoms with Crippen LogP contribution in [0.2, 0.25) is 0 Å². The Morgan fingerprint density at radius 2 is 2.00 bits per heavy atom. The zero-order chi connectivity index (χ0) is 17.6. The van der Waals surface area contributed by atoms with Gasteiger partial charge in [-0.1, -0.05) is 18.2 Å². The van der Waals surface area contributed by atoms with E-state index in [4.69, 9.17) is 4.74 Å². The predicted molar refractivity (Wildman–Crippen MR) is 99.0 cm³/mol. The molecule has 130 valence electrons. The molecular formula is C21H23NO3. The lowest BCUT2D eigenvalue weighted by Crippen LogP contribution is -2.19. The second kappa shape index (κ2) is 7.99. The van der Waals surface area contributed by atoms with Gasteiger partial charge in [-0.25, -0.2) is 0 Å². The van der Waals surface area contributed by atoms with Gasteiger partial charge in [0.1, 0.15) is 11.5 Å². The van der Waals surface area contributed by atoms with Crippen LogP contribution in [0, 0.1) is 0 Å². The predicted octanol–water partition coefficient (Wildman–Crippen LogP) is 3.89. The van der Waals surface area contributed by atoms with Crippen LogP contribution in [0.1, 0.15) is 34.3 Å². The highest BCUT2D eigenvalue weighted by atomic mass is 16.5. The fraction of sp³-hybridized carbons (Fsp3) is 0.286. The lowest BCUT2D eigenvalue weighted by Gasteiger charge is -2.17. The maximum Gasteiger partial charge on any atom is 0.185 e. The summed E-state index contributed by atoms with van der Waals surface area (Å²) in [4.78, 5) is 14.9. The number of benzene rings is 2. The highest BCUT2D eigenvalue weighted by Crippen LogP contribution is 2.24. The van der Waals surface area contributed by atoms with Gasteiger partial charge in [0.2, 0.25) is 0 Å². The summed E-state index contributed by atoms with van der Waals surface area (Å²) in [6, 6.07) is 12.4. The van der Waals surface area contributed by atoms with Crippen molar-refractivity contribution < 1.29 is 14.6 Å². The summed E-state index contributed by atoms with van der Waals surface area (Å²) in [5.41, 5.74) is 2.48. The second-order valence-corrected chi connectivity index (χ2v) is 6.30. The Labute approximate surface area is 148 Å². The molecule has 4 heteroatoms. The Balaban J connectivity index is 1.77. The van der Waals surface area contributed by atoms with Gasteiger partial charge in [0.05, 0.1) is 7.11 Å². The monoisotopic (exact) mass is 337 g/mol. The van der Waals surface area contributed by atoms with Gasteiger partial charge in [-0.2, -0.15) is 0 Å². The van der Waals surface area contributed by atoms with Crippen LogP contribution < -0.4 is 4.74 Å². The largest absolute Gasteiger partial charge is 0.508 e. The van der Waals surface area contributed by atoms with Gasteiger partial charge < -0.3 is 9.84 Å². The number of hydrogen-bond donors (Lipinski definition) is 1. The van der Waals surface area contributed by atoms with Gasteiger partial charge in [0.25, 0.3) is 0 Å². The Bertz CT molecular complexity index is 776. The number of hydrogen-bond acceptors (Lipinski definition) is 4. The van der Waals surface area contributed by atoms with Crippen molar-refractivity contribution in [3.8, 4) is 11.5 Å². The van der Waals surface area contributed by atoms with E-state index in [0.29, 0.717) is 5.56 Å². The van der Waals surface area contributed by atoms with Gasteiger partial charge in [-0.05, 0) is 67.9 Å². The van der Waals surface area contributed by atoms with Crippen molar-refractivity contribution in [2.24, 2.45) is 0 Å². The molecule has 2 aromatic carbocycles. The highest BCUT2D eigenvalue weighted by Gasteiger charge is 2.15. The molecule has 0 unspecified atom stereocenters. The molecule has 4 nitrogen and oxygen atoms in total. The summed E-state index contributed by atoms with van der Waals surface area (Å²) >= 11 is 0. The first-order valence-electron chi connectivity index (χ1n) is 8.56. The minimum atomic E-state index is -0.0614. The number of methoxy groups -OCH3 is 1. The maximum absolute atomic E-state index is 12.5. The van der Waals surface area contributed by atoms with Crippen molar-refractivity contribution in [3.63, 3.8) is 0 Å². The molecule has 0 amide bonds. The first kappa shape index (κ1) is 17.2. The molecular weight excluding hydrogens is 314 g/mol. The summed E-state index contributed by atoms with van der Waals surface area (Å²) in [6.45, 7) is 3.00. The van der Waals surface area contributed by atoms with Crippen LogP contribution in [-0.4, -0.2) is 36.0 Å². The van der Waals surface area contributed by atoms with Crippen LogP contribution in [0.3, 0.4) is 0 Å². The summed E-state index contributed by atoms with van der Waals surface area (Å²) in [5.74, 6) is 0.945. The molecule has 0 atom stereocenters. The zero-order valence-corrected chi connectivity index (χ0v) is 14.4. The Hall–Kier alpha value is -2.59. The van der Waals surface area contributed by atoms with Crippen molar-refractivity contribution in [1.82, 2.24) is 4.90 Å². The van der Waals surface area contributed by atoms with E-state index >= 15 is 0 Å². The fourth-order valence-electron chi connectivity index (χ4n) is 3.13. The third kappa shape index (κ3) is 4.48. The first-order valence-corrected chi connectivity index (χ1v) is 8.56. The summed E-state index contributed by atoms with van der Waals surface area (Å²) in [7, 11) is 1.66. The Morgan fingerprint density at radius 3 is 2.72 bits per heavy atom. The molecule has 0 bridgehead atoms. The van der Waals surface area contributed by atoms with Gasteiger partial charge in [-0.3, -0.25) is 9.69 Å². The number of ether oxygens (including phenoxy) is 1. The molecule has 0 aromatic heterocycles. The van der Waals surface area contributed by atoms with E-state index in [1.54, 1.807) is 37.5 Å². The van der Waals surface area contributed by atoms with Gasteiger partial charge in [-0.15, -0.1) is 0 Å². The highest BCUT2D eigenvalue weighted by molar-refractivity contribution is 6.07. The summed E-state index contributed by atoms with van der Waals surface area (Å²) < 4.78 is 5.45. The van der Waals surface area contributed by atoms with Gasteiger partial charge in [0.15, 0.2) is 5.78 Å². The Morgan fingerprint density at radius 1 is 1.20 bits per heavy atom. The van der Waals surface area contributed by atoms with Crippen LogP contribution in [0.25, 0.3) is 6.08 Å². The SMILES string of the molecule is COc1ccc(C(=O)/C=C/c2cccc(O)c2)cc1CN1CCCC1. The number of aromatic hydroxyl groups is 1. The second-order valence-electron chi connectivity index (χ2n) is 6.30. The van der Waals surface area contributed by atoms with E-state index < -0.39 is 0 Å². The molecule has 0 spiro atoms. The molecule has 0 aliphatic carbocycles. The minimum absolute atomic E-state index is 0.0614. The van der Waals surface area contributed by atoms with Crippen molar-refractivity contribution in [2.45, 2.75) is 19.4 Å². The standard InChI is InChI=1S/C21H23NO3/c1-25-21-10-8-17(14-18(21)15-22-11-2-3-12-22)20(24)9-7-16-5-4-6-19(23)13-16/h4-10,13-14,23H,2-3,11-12,15H2,1H3/b9-7+. The van der Waals surface area contributed by atoms with Crippen LogP contribution >= 0.6 is 0 Å². The molecule has 1 fully saturated rings. The number of likely N-dealkylation sites (tertiary alicyclic amines) is 1. The zero-order valence-electron chi connectivity index (χ0n) is 14.4. The van der Waals surface area contributed by atoms with Gasteiger partial charge in [0, 0.05) is 17.7 Å². The van der Waals surface area contributed by atoms with Crippen LogP contribution in [0.15, 0.2) is 48.5 Å². The lowest BCUT2D eigenvalue weighted by molar-refractivity contribution is 0.104. The average Bonchev–Trinajstić information content (AvgIpc) is 3.13. The fourth-order valence-corrected chi connectivity index (χ4v) is 3.13. The van der Waals surface area contributed by atoms with E-state index in [-0.39, 0.29) is 11.5 Å². The molecule has 0 radical (unpaired) electrons. The van der Waals surface area contributed by atoms with Gasteiger partial charge >= 0.3 is 0 Å². The normalized spacial score (nSPS) is 14.9. The van der Waals surface area contributed by atoms with E-state index in [9.17, 15) is 9.90 Å². The number of rotatable bonds is 6. The third-order valence-electron chi connectivity index (χ3n) is 4.45. The number of phenolic OH excluding ortho intramolecular Hbond substituents is 1. The molecule has 1 N–H and O–H groups in total. The first-order chi connectivity index (χ1) is 12.2. The Kier molecular flexibility index (Phi) is 5.51. The molecule has 1 aliphatic heterocycles. The lowest BCUT2D eigenvalue weighted by atomic mass is 10.0. The number of phenols is 1. The molecule has 1 heterocycles. The van der Waals surface area contributed by atoms with E-state index in [1.807, 2.05) is 18.2 Å². The molecule has 0 saturated carbocycles. The van der Waals surface area contributed by atoms with E-state index in [2.05, 4.69) is 4.90 Å². The van der Waals surface area contributed by atoms with Crippen molar-refractivity contribution >= 4 is 11.9 Å². The van der Waals surface area contributed by atoms with Crippen LogP contribution in [-0.2, 0) is 6.54 Å². The molecule has 25 heavy (non-hydrogen) atoms. The third-order valence-corrected chi connectivity index (χ3v) is 4.45. The number of carbonyl (C=O) groups is 1. The van der Waals surface area contributed by atoms with Crippen molar-refractivity contribution in [3.05, 3.63) is 65.2 Å². The summed E-state index contributed by atoms with van der Waals surface area (Å²) in [5, 5.41) is 9.49. The quantitative estimate of drug-likeness (QED) is 0.642. The number of ketones is 1. The van der Waals surface area contributed by atoms with Crippen LogP contribution in [0.4, 0.5) is 0 Å². The number of carbonyl (C=O) groups excluding carboxylic acids is 1. The smallest absolute Gasteiger partial charge is 0.185 e. The van der Waals surface area contributed by atoms with Crippen molar-refractivity contribution in [2.75, 3.05) is 20.2 Å². The molecule has 1 aliphatic rings. The van der Waals surface area contributed by atoms with Crippen LogP contribution in [0.5, 0.6) is 11.5 Å². The number of nitrogens with zero attached hydrogens (tertiary/aromatic N) is 1. The molecule has 2 aromatic rings.